The number of rotatable bonds is 5. The number of hydrogen-bond donors (Lipinski definition) is 1. The molecule has 0 aliphatic heterocycles. The van der Waals surface area contributed by atoms with Crippen LogP contribution in [0.3, 0.4) is 0 Å². The van der Waals surface area contributed by atoms with Crippen LogP contribution in [0.15, 0.2) is 45.8 Å². The van der Waals surface area contributed by atoms with Gasteiger partial charge in [-0.3, -0.25) is 19.0 Å². The van der Waals surface area contributed by atoms with Crippen molar-refractivity contribution in [1.82, 2.24) is 14.9 Å². The molecule has 168 valence electrons. The first-order valence-corrected chi connectivity index (χ1v) is 11.1. The smallest absolute Gasteiger partial charge is 0.326 e. The Morgan fingerprint density at radius 2 is 1.88 bits per heavy atom. The fourth-order valence-electron chi connectivity index (χ4n) is 3.06. The van der Waals surface area contributed by atoms with E-state index in [1.54, 1.807) is 20.8 Å². The Hall–Kier alpha value is -2.71. The number of esters is 1. The number of pyridine rings is 2. The number of hydrogen-bond acceptors (Lipinski definition) is 5. The fraction of sp³-hybridized carbons (Fsp3) is 0.304. The average Bonchev–Trinajstić information content (AvgIpc) is 2.70. The lowest BCUT2D eigenvalue weighted by molar-refractivity contribution is -0.155. The summed E-state index contributed by atoms with van der Waals surface area (Å²) in [4.78, 5) is 42.8. The highest BCUT2D eigenvalue weighted by Gasteiger charge is 2.22. The minimum Gasteiger partial charge on any atom is -0.459 e. The summed E-state index contributed by atoms with van der Waals surface area (Å²) < 4.78 is 6.96. The monoisotopic (exact) mass is 519 g/mol. The molecule has 32 heavy (non-hydrogen) atoms. The molecule has 1 amide bonds. The number of carbonyl (C=O) groups excluding carboxylic acids is 2. The van der Waals surface area contributed by atoms with Gasteiger partial charge < -0.3 is 10.1 Å². The van der Waals surface area contributed by atoms with Crippen LogP contribution in [0.5, 0.6) is 0 Å². The first-order valence-electron chi connectivity index (χ1n) is 9.89. The number of ether oxygens (including phenoxy) is 1. The van der Waals surface area contributed by atoms with Crippen molar-refractivity contribution in [3.8, 4) is 0 Å². The van der Waals surface area contributed by atoms with Crippen LogP contribution < -0.4 is 10.9 Å². The largest absolute Gasteiger partial charge is 0.459 e. The Kier molecular flexibility index (Phi) is 7.05. The van der Waals surface area contributed by atoms with Gasteiger partial charge in [0.05, 0.1) is 9.50 Å². The second-order valence-electron chi connectivity index (χ2n) is 8.36. The molecule has 7 nitrogen and oxygen atoms in total. The van der Waals surface area contributed by atoms with Crippen LogP contribution in [0.1, 0.15) is 42.3 Å². The number of amides is 1. The first kappa shape index (κ1) is 23.9. The minimum atomic E-state index is -0.729. The van der Waals surface area contributed by atoms with Gasteiger partial charge >= 0.3 is 5.97 Å². The van der Waals surface area contributed by atoms with E-state index in [1.807, 2.05) is 31.2 Å². The van der Waals surface area contributed by atoms with E-state index >= 15 is 0 Å². The molecule has 3 rings (SSSR count). The van der Waals surface area contributed by atoms with Gasteiger partial charge in [-0.25, -0.2) is 4.98 Å². The van der Waals surface area contributed by atoms with Crippen LogP contribution in [0.25, 0.3) is 11.0 Å². The van der Waals surface area contributed by atoms with Gasteiger partial charge in [-0.1, -0.05) is 41.4 Å². The molecule has 0 bridgehead atoms. The second-order valence-corrected chi connectivity index (χ2v) is 9.59. The van der Waals surface area contributed by atoms with Crippen LogP contribution in [-0.2, 0) is 22.6 Å². The molecule has 2 heterocycles. The Morgan fingerprint density at radius 1 is 1.22 bits per heavy atom. The summed E-state index contributed by atoms with van der Waals surface area (Å²) in [6.45, 7) is 7.00. The van der Waals surface area contributed by atoms with Crippen molar-refractivity contribution in [2.24, 2.45) is 0 Å². The summed E-state index contributed by atoms with van der Waals surface area (Å²) in [7, 11) is 0. The summed E-state index contributed by atoms with van der Waals surface area (Å²) in [5.41, 5.74) is 0.650. The zero-order valence-corrected chi connectivity index (χ0v) is 20.5. The van der Waals surface area contributed by atoms with Gasteiger partial charge in [-0.15, -0.1) is 0 Å². The number of nitrogens with zero attached hydrogens (tertiary/aromatic N) is 2. The molecular weight excluding hydrogens is 498 g/mol. The highest BCUT2D eigenvalue weighted by molar-refractivity contribution is 9.10. The van der Waals surface area contributed by atoms with Gasteiger partial charge in [0.15, 0.2) is 0 Å². The normalized spacial score (nSPS) is 11.4. The SMILES string of the molecule is Cc1ccc(CNC(=O)c2cc3c(Cl)c(Br)cnc3n(CC(=O)OC(C)(C)C)c2=O)cc1. The van der Waals surface area contributed by atoms with Crippen LogP contribution >= 0.6 is 27.5 Å². The summed E-state index contributed by atoms with van der Waals surface area (Å²) in [5, 5.41) is 3.39. The molecule has 0 saturated heterocycles. The number of nitrogens with one attached hydrogen (secondary N) is 1. The maximum atomic E-state index is 13.2. The van der Waals surface area contributed by atoms with E-state index in [4.69, 9.17) is 16.3 Å². The van der Waals surface area contributed by atoms with Crippen molar-refractivity contribution >= 4 is 50.4 Å². The first-order chi connectivity index (χ1) is 15.0. The summed E-state index contributed by atoms with van der Waals surface area (Å²) in [6.07, 6.45) is 1.44. The zero-order chi connectivity index (χ0) is 23.6. The van der Waals surface area contributed by atoms with Crippen molar-refractivity contribution in [1.29, 1.82) is 0 Å². The predicted octanol–water partition coefficient (Wildman–Crippen LogP) is 4.39. The maximum Gasteiger partial charge on any atom is 0.326 e. The molecule has 0 fully saturated rings. The molecule has 0 spiro atoms. The van der Waals surface area contributed by atoms with Gasteiger partial charge in [0, 0.05) is 18.1 Å². The predicted molar refractivity (Wildman–Crippen MR) is 127 cm³/mol. The average molecular weight is 521 g/mol. The third kappa shape index (κ3) is 5.55. The lowest BCUT2D eigenvalue weighted by Crippen LogP contribution is -2.36. The summed E-state index contributed by atoms with van der Waals surface area (Å²) in [5.74, 6) is -1.20. The molecule has 0 saturated carbocycles. The molecule has 2 aromatic heterocycles. The van der Waals surface area contributed by atoms with Crippen molar-refractivity contribution < 1.29 is 14.3 Å². The zero-order valence-electron chi connectivity index (χ0n) is 18.2. The van der Waals surface area contributed by atoms with Gasteiger partial charge in [-0.2, -0.15) is 0 Å². The van der Waals surface area contributed by atoms with E-state index < -0.39 is 29.6 Å². The van der Waals surface area contributed by atoms with E-state index in [-0.39, 0.29) is 22.8 Å². The molecule has 0 radical (unpaired) electrons. The van der Waals surface area contributed by atoms with Crippen molar-refractivity contribution in [3.05, 3.63) is 73.1 Å². The molecule has 3 aromatic rings. The third-order valence-corrected chi connectivity index (χ3v) is 5.77. The van der Waals surface area contributed by atoms with Crippen LogP contribution in [0.2, 0.25) is 5.02 Å². The van der Waals surface area contributed by atoms with E-state index in [2.05, 4.69) is 26.2 Å². The maximum absolute atomic E-state index is 13.2. The fourth-order valence-corrected chi connectivity index (χ4v) is 3.56. The molecular formula is C23H23BrClN3O4. The standard InChI is InChI=1S/C23H23BrClN3O4/c1-13-5-7-14(8-6-13)10-27-21(30)16-9-15-19(25)17(24)11-26-20(15)28(22(16)31)12-18(29)32-23(2,3)4/h5-9,11H,10,12H2,1-4H3,(H,27,30). The molecule has 1 N–H and O–H groups in total. The Morgan fingerprint density at radius 3 is 2.50 bits per heavy atom. The molecule has 0 unspecified atom stereocenters. The van der Waals surface area contributed by atoms with Crippen LogP contribution in [0.4, 0.5) is 0 Å². The number of carbonyl (C=O) groups is 2. The lowest BCUT2D eigenvalue weighted by Gasteiger charge is -2.20. The Bertz CT molecular complexity index is 1250. The Labute approximate surface area is 198 Å². The number of aromatic nitrogens is 2. The number of fused-ring (bicyclic) bond motifs is 1. The Balaban J connectivity index is 2.02. The van der Waals surface area contributed by atoms with Crippen molar-refractivity contribution in [2.45, 2.75) is 46.4 Å². The minimum absolute atomic E-state index is 0.144. The number of halogens is 2. The molecule has 0 aliphatic rings. The van der Waals surface area contributed by atoms with Gasteiger partial charge in [0.25, 0.3) is 11.5 Å². The molecule has 0 atom stereocenters. The summed E-state index contributed by atoms with van der Waals surface area (Å²) >= 11 is 9.71. The van der Waals surface area contributed by atoms with E-state index in [0.717, 1.165) is 15.7 Å². The van der Waals surface area contributed by atoms with Gasteiger partial charge in [0.2, 0.25) is 0 Å². The highest BCUT2D eigenvalue weighted by Crippen LogP contribution is 2.29. The second kappa shape index (κ2) is 9.42. The van der Waals surface area contributed by atoms with E-state index in [1.165, 1.54) is 12.3 Å². The number of benzene rings is 1. The highest BCUT2D eigenvalue weighted by atomic mass is 79.9. The van der Waals surface area contributed by atoms with Crippen molar-refractivity contribution in [3.63, 3.8) is 0 Å². The van der Waals surface area contributed by atoms with Gasteiger partial charge in [-0.05, 0) is 55.3 Å². The van der Waals surface area contributed by atoms with Crippen LogP contribution in [0, 0.1) is 6.92 Å². The van der Waals surface area contributed by atoms with Crippen molar-refractivity contribution in [2.75, 3.05) is 0 Å². The topological polar surface area (TPSA) is 90.3 Å². The molecule has 0 aliphatic carbocycles. The summed E-state index contributed by atoms with van der Waals surface area (Å²) in [6, 6.07) is 9.07. The molecule has 1 aromatic carbocycles. The third-order valence-electron chi connectivity index (χ3n) is 4.53. The van der Waals surface area contributed by atoms with Crippen LogP contribution in [-0.4, -0.2) is 27.0 Å². The van der Waals surface area contributed by atoms with E-state index in [0.29, 0.717) is 9.86 Å². The van der Waals surface area contributed by atoms with E-state index in [9.17, 15) is 14.4 Å². The quantitative estimate of drug-likeness (QED) is 0.504. The number of aryl methyl sites for hydroxylation is 1. The van der Waals surface area contributed by atoms with Gasteiger partial charge in [0.1, 0.15) is 23.4 Å². The molecule has 9 heteroatoms. The lowest BCUT2D eigenvalue weighted by atomic mass is 10.1.